The van der Waals surface area contributed by atoms with Crippen LogP contribution in [0.1, 0.15) is 45.4 Å². The molecule has 0 aromatic heterocycles. The molecule has 1 rings (SSSR count). The average Bonchev–Trinajstić information content (AvgIpc) is 2.57. The number of hydrogen-bond acceptors (Lipinski definition) is 2. The van der Waals surface area contributed by atoms with Crippen LogP contribution in [0.3, 0.4) is 0 Å². The number of carbonyl (C=O) groups is 1. The third-order valence-corrected chi connectivity index (χ3v) is 3.12. The standard InChI is InChI=1S/C12H24N2O2/c1-2-11(15)7-8-13-12(16)14-9-5-3-4-6-10-14/h11,15H,2-10H2,1H3,(H,13,16). The lowest BCUT2D eigenvalue weighted by Crippen LogP contribution is -2.41. The fraction of sp³-hybridized carbons (Fsp3) is 0.917. The van der Waals surface area contributed by atoms with E-state index in [1.165, 1.54) is 12.8 Å². The van der Waals surface area contributed by atoms with E-state index in [1.54, 1.807) is 0 Å². The van der Waals surface area contributed by atoms with Crippen molar-refractivity contribution >= 4 is 6.03 Å². The first-order valence-electron chi connectivity index (χ1n) is 6.45. The molecular weight excluding hydrogens is 204 g/mol. The molecule has 94 valence electrons. The van der Waals surface area contributed by atoms with E-state index in [0.29, 0.717) is 13.0 Å². The summed E-state index contributed by atoms with van der Waals surface area (Å²) in [4.78, 5) is 13.6. The zero-order chi connectivity index (χ0) is 11.8. The maximum atomic E-state index is 11.8. The van der Waals surface area contributed by atoms with Crippen molar-refractivity contribution in [3.05, 3.63) is 0 Å². The molecule has 1 unspecified atom stereocenters. The van der Waals surface area contributed by atoms with Crippen LogP contribution in [0, 0.1) is 0 Å². The molecule has 0 aliphatic carbocycles. The number of carbonyl (C=O) groups excluding carboxylic acids is 1. The molecule has 0 saturated carbocycles. The highest BCUT2D eigenvalue weighted by atomic mass is 16.3. The van der Waals surface area contributed by atoms with Gasteiger partial charge in [0.25, 0.3) is 0 Å². The van der Waals surface area contributed by atoms with Gasteiger partial charge in [0.2, 0.25) is 0 Å². The van der Waals surface area contributed by atoms with Crippen molar-refractivity contribution in [2.75, 3.05) is 19.6 Å². The Balaban J connectivity index is 2.17. The highest BCUT2D eigenvalue weighted by Gasteiger charge is 2.14. The lowest BCUT2D eigenvalue weighted by Gasteiger charge is -2.21. The fourth-order valence-electron chi connectivity index (χ4n) is 1.94. The van der Waals surface area contributed by atoms with Crippen molar-refractivity contribution in [3.63, 3.8) is 0 Å². The SMILES string of the molecule is CCC(O)CCNC(=O)N1CCCCCC1. The number of aliphatic hydroxyl groups is 1. The predicted octanol–water partition coefficient (Wildman–Crippen LogP) is 1.73. The quantitative estimate of drug-likeness (QED) is 0.770. The molecule has 0 radical (unpaired) electrons. The van der Waals surface area contributed by atoms with Gasteiger partial charge in [0.15, 0.2) is 0 Å². The Morgan fingerprint density at radius 3 is 2.50 bits per heavy atom. The van der Waals surface area contributed by atoms with E-state index in [0.717, 1.165) is 32.4 Å². The average molecular weight is 228 g/mol. The minimum absolute atomic E-state index is 0.0326. The molecule has 0 bridgehead atoms. The van der Waals surface area contributed by atoms with Crippen LogP contribution in [0.25, 0.3) is 0 Å². The van der Waals surface area contributed by atoms with Gasteiger partial charge in [-0.25, -0.2) is 4.79 Å². The fourth-order valence-corrected chi connectivity index (χ4v) is 1.94. The number of rotatable bonds is 4. The maximum absolute atomic E-state index is 11.8. The van der Waals surface area contributed by atoms with Gasteiger partial charge in [-0.2, -0.15) is 0 Å². The van der Waals surface area contributed by atoms with Crippen molar-refractivity contribution in [2.45, 2.75) is 51.6 Å². The van der Waals surface area contributed by atoms with Crippen molar-refractivity contribution < 1.29 is 9.90 Å². The van der Waals surface area contributed by atoms with Crippen LogP contribution >= 0.6 is 0 Å². The molecule has 4 nitrogen and oxygen atoms in total. The zero-order valence-electron chi connectivity index (χ0n) is 10.2. The number of urea groups is 1. The molecule has 1 fully saturated rings. The number of hydrogen-bond donors (Lipinski definition) is 2. The van der Waals surface area contributed by atoms with Crippen LogP contribution < -0.4 is 5.32 Å². The second kappa shape index (κ2) is 7.49. The lowest BCUT2D eigenvalue weighted by atomic mass is 10.2. The van der Waals surface area contributed by atoms with Crippen LogP contribution in [-0.4, -0.2) is 41.8 Å². The molecule has 1 atom stereocenters. The molecule has 4 heteroatoms. The van der Waals surface area contributed by atoms with E-state index in [9.17, 15) is 9.90 Å². The smallest absolute Gasteiger partial charge is 0.317 e. The Labute approximate surface area is 98.0 Å². The molecule has 2 N–H and O–H groups in total. The lowest BCUT2D eigenvalue weighted by molar-refractivity contribution is 0.157. The van der Waals surface area contributed by atoms with Crippen LogP contribution in [-0.2, 0) is 0 Å². The Morgan fingerprint density at radius 1 is 1.31 bits per heavy atom. The molecule has 0 aromatic carbocycles. The first-order valence-corrected chi connectivity index (χ1v) is 6.45. The van der Waals surface area contributed by atoms with Gasteiger partial charge in [-0.3, -0.25) is 0 Å². The van der Waals surface area contributed by atoms with Gasteiger partial charge < -0.3 is 15.3 Å². The molecule has 16 heavy (non-hydrogen) atoms. The Morgan fingerprint density at radius 2 is 1.94 bits per heavy atom. The third kappa shape index (κ3) is 4.84. The molecular formula is C12H24N2O2. The third-order valence-electron chi connectivity index (χ3n) is 3.12. The molecule has 1 heterocycles. The van der Waals surface area contributed by atoms with Crippen molar-refractivity contribution in [2.24, 2.45) is 0 Å². The summed E-state index contributed by atoms with van der Waals surface area (Å²) in [5.41, 5.74) is 0. The molecule has 0 spiro atoms. The molecule has 1 saturated heterocycles. The monoisotopic (exact) mass is 228 g/mol. The summed E-state index contributed by atoms with van der Waals surface area (Å²) >= 11 is 0. The largest absolute Gasteiger partial charge is 0.393 e. The van der Waals surface area contributed by atoms with Gasteiger partial charge in [0.05, 0.1) is 6.10 Å². The second-order valence-electron chi connectivity index (χ2n) is 4.48. The number of likely N-dealkylation sites (tertiary alicyclic amines) is 1. The van der Waals surface area contributed by atoms with Gasteiger partial charge in [-0.1, -0.05) is 19.8 Å². The first kappa shape index (κ1) is 13.3. The van der Waals surface area contributed by atoms with Gasteiger partial charge in [0.1, 0.15) is 0 Å². The highest BCUT2D eigenvalue weighted by molar-refractivity contribution is 5.74. The van der Waals surface area contributed by atoms with Gasteiger partial charge in [0, 0.05) is 19.6 Å². The summed E-state index contributed by atoms with van der Waals surface area (Å²) in [6.45, 7) is 4.27. The first-order chi connectivity index (χ1) is 7.74. The molecule has 1 aliphatic heterocycles. The van der Waals surface area contributed by atoms with Crippen LogP contribution in [0.15, 0.2) is 0 Å². The number of nitrogens with zero attached hydrogens (tertiary/aromatic N) is 1. The Bertz CT molecular complexity index is 201. The molecule has 2 amide bonds. The van der Waals surface area contributed by atoms with E-state index < -0.39 is 0 Å². The molecule has 1 aliphatic rings. The van der Waals surface area contributed by atoms with Gasteiger partial charge in [-0.15, -0.1) is 0 Å². The van der Waals surface area contributed by atoms with Crippen molar-refractivity contribution in [3.8, 4) is 0 Å². The zero-order valence-corrected chi connectivity index (χ0v) is 10.2. The summed E-state index contributed by atoms with van der Waals surface area (Å²) in [7, 11) is 0. The maximum Gasteiger partial charge on any atom is 0.317 e. The van der Waals surface area contributed by atoms with E-state index in [1.807, 2.05) is 11.8 Å². The topological polar surface area (TPSA) is 52.6 Å². The summed E-state index contributed by atoms with van der Waals surface area (Å²) in [6, 6.07) is 0.0326. The van der Waals surface area contributed by atoms with E-state index in [-0.39, 0.29) is 12.1 Å². The summed E-state index contributed by atoms with van der Waals surface area (Å²) in [5.74, 6) is 0. The highest BCUT2D eigenvalue weighted by Crippen LogP contribution is 2.09. The summed E-state index contributed by atoms with van der Waals surface area (Å²) < 4.78 is 0. The minimum Gasteiger partial charge on any atom is -0.393 e. The van der Waals surface area contributed by atoms with Crippen molar-refractivity contribution in [1.82, 2.24) is 10.2 Å². The van der Waals surface area contributed by atoms with Gasteiger partial charge in [-0.05, 0) is 25.7 Å². The number of amides is 2. The van der Waals surface area contributed by atoms with E-state index >= 15 is 0 Å². The number of aliphatic hydroxyl groups excluding tert-OH is 1. The van der Waals surface area contributed by atoms with E-state index in [4.69, 9.17) is 0 Å². The molecule has 0 aromatic rings. The minimum atomic E-state index is -0.288. The summed E-state index contributed by atoms with van der Waals surface area (Å²) in [6.07, 6.45) is 5.81. The summed E-state index contributed by atoms with van der Waals surface area (Å²) in [5, 5.41) is 12.2. The number of nitrogens with one attached hydrogen (secondary N) is 1. The van der Waals surface area contributed by atoms with Crippen molar-refractivity contribution in [1.29, 1.82) is 0 Å². The predicted molar refractivity (Wildman–Crippen MR) is 64.4 cm³/mol. The Kier molecular flexibility index (Phi) is 6.23. The van der Waals surface area contributed by atoms with Crippen LogP contribution in [0.4, 0.5) is 4.79 Å². The second-order valence-corrected chi connectivity index (χ2v) is 4.48. The Hall–Kier alpha value is -0.770. The van der Waals surface area contributed by atoms with Gasteiger partial charge >= 0.3 is 6.03 Å². The van der Waals surface area contributed by atoms with E-state index in [2.05, 4.69) is 5.32 Å². The normalized spacial score (nSPS) is 19.0. The van der Waals surface area contributed by atoms with Crippen LogP contribution in [0.5, 0.6) is 0 Å². The van der Waals surface area contributed by atoms with Crippen LogP contribution in [0.2, 0.25) is 0 Å².